The van der Waals surface area contributed by atoms with Crippen LogP contribution in [-0.2, 0) is 6.54 Å². The van der Waals surface area contributed by atoms with Crippen molar-refractivity contribution in [1.82, 2.24) is 4.90 Å². The van der Waals surface area contributed by atoms with Gasteiger partial charge in [-0.3, -0.25) is 4.90 Å². The van der Waals surface area contributed by atoms with Gasteiger partial charge in [0.2, 0.25) is 0 Å². The molecule has 1 aliphatic rings. The van der Waals surface area contributed by atoms with Crippen LogP contribution in [0, 0.1) is 12.7 Å². The molecule has 1 aliphatic heterocycles. The average molecular weight is 281 g/mol. The van der Waals surface area contributed by atoms with E-state index in [1.807, 2.05) is 19.1 Å². The number of benzene rings is 2. The van der Waals surface area contributed by atoms with Gasteiger partial charge in [0.25, 0.3) is 0 Å². The molecular weight excluding hydrogens is 261 g/mol. The summed E-state index contributed by atoms with van der Waals surface area (Å²) in [6, 6.07) is 15.6. The van der Waals surface area contributed by atoms with E-state index >= 15 is 0 Å². The molecular formula is C19H20FN. The van der Waals surface area contributed by atoms with E-state index in [-0.39, 0.29) is 5.82 Å². The van der Waals surface area contributed by atoms with Crippen molar-refractivity contribution in [2.24, 2.45) is 0 Å². The van der Waals surface area contributed by atoms with Crippen molar-refractivity contribution in [2.45, 2.75) is 19.9 Å². The summed E-state index contributed by atoms with van der Waals surface area (Å²) in [5.74, 6) is -0.150. The Bertz CT molecular complexity index is 646. The molecule has 1 heterocycles. The first kappa shape index (κ1) is 14.0. The summed E-state index contributed by atoms with van der Waals surface area (Å²) in [4.78, 5) is 2.42. The monoisotopic (exact) mass is 281 g/mol. The maximum atomic E-state index is 13.4. The van der Waals surface area contributed by atoms with Gasteiger partial charge in [-0.15, -0.1) is 0 Å². The Morgan fingerprint density at radius 1 is 1.10 bits per heavy atom. The van der Waals surface area contributed by atoms with Gasteiger partial charge in [-0.05, 0) is 47.7 Å². The third-order valence-corrected chi connectivity index (χ3v) is 4.09. The van der Waals surface area contributed by atoms with E-state index in [0.29, 0.717) is 0 Å². The van der Waals surface area contributed by atoms with Crippen LogP contribution >= 0.6 is 0 Å². The summed E-state index contributed by atoms with van der Waals surface area (Å²) in [7, 11) is 0. The van der Waals surface area contributed by atoms with Gasteiger partial charge in [-0.25, -0.2) is 4.39 Å². The first-order valence-electron chi connectivity index (χ1n) is 7.44. The number of nitrogens with zero attached hydrogens (tertiary/aromatic N) is 1. The molecule has 2 aromatic carbocycles. The quantitative estimate of drug-likeness (QED) is 0.805. The van der Waals surface area contributed by atoms with Crippen LogP contribution in [0.4, 0.5) is 4.39 Å². The summed E-state index contributed by atoms with van der Waals surface area (Å²) in [5.41, 5.74) is 4.83. The fourth-order valence-corrected chi connectivity index (χ4v) is 2.88. The lowest BCUT2D eigenvalue weighted by molar-refractivity contribution is 0.294. The molecule has 3 rings (SSSR count). The third kappa shape index (κ3) is 3.40. The van der Waals surface area contributed by atoms with E-state index in [4.69, 9.17) is 0 Å². The van der Waals surface area contributed by atoms with Crippen LogP contribution < -0.4 is 0 Å². The lowest BCUT2D eigenvalue weighted by Gasteiger charge is -2.27. The molecule has 0 saturated heterocycles. The number of halogens is 1. The van der Waals surface area contributed by atoms with E-state index < -0.39 is 0 Å². The lowest BCUT2D eigenvalue weighted by Crippen LogP contribution is -2.28. The predicted molar refractivity (Wildman–Crippen MR) is 85.5 cm³/mol. The fourth-order valence-electron chi connectivity index (χ4n) is 2.88. The zero-order valence-electron chi connectivity index (χ0n) is 12.3. The van der Waals surface area contributed by atoms with Crippen molar-refractivity contribution < 1.29 is 4.39 Å². The molecule has 0 N–H and O–H groups in total. The maximum absolute atomic E-state index is 13.4. The van der Waals surface area contributed by atoms with Gasteiger partial charge in [0.1, 0.15) is 5.82 Å². The number of rotatable bonds is 3. The first-order valence-corrected chi connectivity index (χ1v) is 7.44. The summed E-state index contributed by atoms with van der Waals surface area (Å²) in [6.07, 6.45) is 3.23. The van der Waals surface area contributed by atoms with Gasteiger partial charge in [-0.2, -0.15) is 0 Å². The number of hydrogen-bond acceptors (Lipinski definition) is 1. The normalized spacial score (nSPS) is 15.8. The van der Waals surface area contributed by atoms with Gasteiger partial charge in [0.15, 0.2) is 0 Å². The molecule has 0 fully saturated rings. The van der Waals surface area contributed by atoms with Gasteiger partial charge in [-0.1, -0.05) is 42.5 Å². The molecule has 0 atom stereocenters. The van der Waals surface area contributed by atoms with Gasteiger partial charge >= 0.3 is 0 Å². The Morgan fingerprint density at radius 2 is 1.90 bits per heavy atom. The second-order valence-electron chi connectivity index (χ2n) is 5.66. The smallest absolute Gasteiger partial charge is 0.123 e. The molecule has 0 saturated carbocycles. The topological polar surface area (TPSA) is 3.24 Å². The molecule has 0 spiro atoms. The minimum atomic E-state index is -0.150. The fraction of sp³-hybridized carbons (Fsp3) is 0.263. The van der Waals surface area contributed by atoms with Crippen molar-refractivity contribution in [3.63, 3.8) is 0 Å². The Balaban J connectivity index is 1.70. The van der Waals surface area contributed by atoms with E-state index in [1.54, 1.807) is 6.07 Å². The molecule has 2 heteroatoms. The molecule has 0 aliphatic carbocycles. The predicted octanol–water partition coefficient (Wildman–Crippen LogP) is 4.42. The Morgan fingerprint density at radius 3 is 2.62 bits per heavy atom. The van der Waals surface area contributed by atoms with Gasteiger partial charge in [0, 0.05) is 19.6 Å². The minimum absolute atomic E-state index is 0.150. The molecule has 0 bridgehead atoms. The van der Waals surface area contributed by atoms with Crippen molar-refractivity contribution >= 4 is 5.57 Å². The van der Waals surface area contributed by atoms with Crippen LogP contribution in [0.15, 0.2) is 54.6 Å². The summed E-state index contributed by atoms with van der Waals surface area (Å²) >= 11 is 0. The zero-order chi connectivity index (χ0) is 14.7. The second kappa shape index (κ2) is 6.23. The van der Waals surface area contributed by atoms with E-state index in [2.05, 4.69) is 35.2 Å². The number of aryl methyl sites for hydroxylation is 1. The molecule has 1 nitrogen and oxygen atoms in total. The molecule has 21 heavy (non-hydrogen) atoms. The maximum Gasteiger partial charge on any atom is 0.123 e. The van der Waals surface area contributed by atoms with Crippen molar-refractivity contribution in [1.29, 1.82) is 0 Å². The van der Waals surface area contributed by atoms with E-state index in [0.717, 1.165) is 37.2 Å². The van der Waals surface area contributed by atoms with Gasteiger partial charge in [0.05, 0.1) is 0 Å². The van der Waals surface area contributed by atoms with Crippen LogP contribution in [0.2, 0.25) is 0 Å². The Hall–Kier alpha value is -1.93. The minimum Gasteiger partial charge on any atom is -0.295 e. The highest BCUT2D eigenvalue weighted by atomic mass is 19.1. The van der Waals surface area contributed by atoms with Crippen LogP contribution in [0.25, 0.3) is 5.57 Å². The van der Waals surface area contributed by atoms with Crippen LogP contribution in [0.1, 0.15) is 23.1 Å². The largest absolute Gasteiger partial charge is 0.295 e. The Labute approximate surface area is 125 Å². The van der Waals surface area contributed by atoms with Crippen molar-refractivity contribution in [3.05, 3.63) is 77.1 Å². The summed E-state index contributed by atoms with van der Waals surface area (Å²) in [5, 5.41) is 0. The zero-order valence-corrected chi connectivity index (χ0v) is 12.3. The van der Waals surface area contributed by atoms with E-state index in [1.165, 1.54) is 17.2 Å². The molecule has 0 amide bonds. The highest BCUT2D eigenvalue weighted by molar-refractivity contribution is 5.69. The number of hydrogen-bond donors (Lipinski definition) is 0. The molecule has 0 radical (unpaired) electrons. The lowest BCUT2D eigenvalue weighted by atomic mass is 9.95. The average Bonchev–Trinajstić information content (AvgIpc) is 2.52. The highest BCUT2D eigenvalue weighted by Crippen LogP contribution is 2.26. The molecule has 108 valence electrons. The molecule has 2 aromatic rings. The van der Waals surface area contributed by atoms with Crippen LogP contribution in [-0.4, -0.2) is 18.0 Å². The van der Waals surface area contributed by atoms with Crippen LogP contribution in [0.5, 0.6) is 0 Å². The Kier molecular flexibility index (Phi) is 4.16. The van der Waals surface area contributed by atoms with Gasteiger partial charge < -0.3 is 0 Å². The third-order valence-electron chi connectivity index (χ3n) is 4.09. The summed E-state index contributed by atoms with van der Waals surface area (Å²) in [6.45, 7) is 4.98. The standard InChI is InChI=1S/C19H20FN/c1-15-7-8-18(20)13-19(15)17-9-11-21(12-10-17)14-16-5-3-2-4-6-16/h2-9,13H,10-12,14H2,1H3. The first-order chi connectivity index (χ1) is 10.2. The van der Waals surface area contributed by atoms with Crippen molar-refractivity contribution in [3.8, 4) is 0 Å². The highest BCUT2D eigenvalue weighted by Gasteiger charge is 2.14. The molecule has 0 aromatic heterocycles. The van der Waals surface area contributed by atoms with Crippen molar-refractivity contribution in [2.75, 3.05) is 13.1 Å². The van der Waals surface area contributed by atoms with E-state index in [9.17, 15) is 4.39 Å². The van der Waals surface area contributed by atoms with Crippen LogP contribution in [0.3, 0.4) is 0 Å². The SMILES string of the molecule is Cc1ccc(F)cc1C1=CCN(Cc2ccccc2)CC1. The summed E-state index contributed by atoms with van der Waals surface area (Å²) < 4.78 is 13.4. The second-order valence-corrected chi connectivity index (χ2v) is 5.66. The molecule has 0 unspecified atom stereocenters.